The molecule has 0 bridgehead atoms. The van der Waals surface area contributed by atoms with Crippen LogP contribution in [0.5, 0.6) is 0 Å². The first-order valence-electron chi connectivity index (χ1n) is 7.51. The molecule has 3 rings (SSSR count). The minimum Gasteiger partial charge on any atom is -0.307 e. The highest BCUT2D eigenvalue weighted by atomic mass is 32.1. The molecule has 3 aromatic rings. The van der Waals surface area contributed by atoms with Gasteiger partial charge in [0.25, 0.3) is 0 Å². The molecule has 0 saturated carbocycles. The molecular formula is C18H20N2S2. The number of thiophene rings is 1. The Hall–Kier alpha value is -1.49. The molecule has 22 heavy (non-hydrogen) atoms. The standard InChI is InChI=1S/C18H20N2S2/c1-14(16-5-3-2-4-6-16)12-20-17(18-19-8-10-22-18)11-15-7-9-21-13-15/h2-10,13-14,17,20H,11-12H2,1H3/t14-,17+/m1/s1. The molecule has 0 unspecified atom stereocenters. The Kier molecular flexibility index (Phi) is 5.38. The molecule has 114 valence electrons. The number of nitrogens with zero attached hydrogens (tertiary/aromatic N) is 1. The molecule has 0 radical (unpaired) electrons. The summed E-state index contributed by atoms with van der Waals surface area (Å²) in [6.07, 6.45) is 2.89. The topological polar surface area (TPSA) is 24.9 Å². The van der Waals surface area contributed by atoms with Gasteiger partial charge in [0.15, 0.2) is 0 Å². The highest BCUT2D eigenvalue weighted by Gasteiger charge is 2.16. The van der Waals surface area contributed by atoms with Gasteiger partial charge in [-0.05, 0) is 40.3 Å². The van der Waals surface area contributed by atoms with Gasteiger partial charge in [0.05, 0.1) is 6.04 Å². The van der Waals surface area contributed by atoms with Crippen molar-refractivity contribution in [2.45, 2.75) is 25.3 Å². The number of rotatable bonds is 7. The SMILES string of the molecule is C[C@H](CN[C@@H](Cc1ccsc1)c1nccs1)c1ccccc1. The molecule has 2 heterocycles. The van der Waals surface area contributed by atoms with E-state index in [9.17, 15) is 0 Å². The van der Waals surface area contributed by atoms with E-state index in [1.165, 1.54) is 16.1 Å². The van der Waals surface area contributed by atoms with Crippen molar-refractivity contribution in [1.82, 2.24) is 10.3 Å². The summed E-state index contributed by atoms with van der Waals surface area (Å²) in [6, 6.07) is 13.2. The minimum absolute atomic E-state index is 0.292. The van der Waals surface area contributed by atoms with Crippen molar-refractivity contribution in [2.24, 2.45) is 0 Å². The molecule has 1 aromatic carbocycles. The number of benzene rings is 1. The van der Waals surface area contributed by atoms with Gasteiger partial charge in [0.2, 0.25) is 0 Å². The number of nitrogens with one attached hydrogen (secondary N) is 1. The molecule has 1 N–H and O–H groups in total. The van der Waals surface area contributed by atoms with Crippen molar-refractivity contribution in [1.29, 1.82) is 0 Å². The van der Waals surface area contributed by atoms with Crippen LogP contribution in [0.25, 0.3) is 0 Å². The van der Waals surface area contributed by atoms with Crippen LogP contribution in [0.4, 0.5) is 0 Å². The van der Waals surface area contributed by atoms with Crippen molar-refractivity contribution in [3.63, 3.8) is 0 Å². The van der Waals surface area contributed by atoms with Gasteiger partial charge >= 0.3 is 0 Å². The van der Waals surface area contributed by atoms with Crippen LogP contribution in [-0.2, 0) is 6.42 Å². The molecule has 0 saturated heterocycles. The summed E-state index contributed by atoms with van der Waals surface area (Å²) in [7, 11) is 0. The van der Waals surface area contributed by atoms with Crippen molar-refractivity contribution in [2.75, 3.05) is 6.54 Å². The maximum absolute atomic E-state index is 4.51. The third kappa shape index (κ3) is 4.03. The molecular weight excluding hydrogens is 308 g/mol. The zero-order chi connectivity index (χ0) is 15.2. The second-order valence-corrected chi connectivity index (χ2v) is 7.18. The van der Waals surface area contributed by atoms with E-state index in [0.717, 1.165) is 13.0 Å². The molecule has 2 atom stereocenters. The van der Waals surface area contributed by atoms with Gasteiger partial charge < -0.3 is 5.32 Å². The zero-order valence-corrected chi connectivity index (χ0v) is 14.2. The summed E-state index contributed by atoms with van der Waals surface area (Å²) < 4.78 is 0. The molecule has 2 aromatic heterocycles. The fraction of sp³-hybridized carbons (Fsp3) is 0.278. The van der Waals surface area contributed by atoms with Crippen LogP contribution in [0.15, 0.2) is 58.7 Å². The molecule has 0 spiro atoms. The number of aromatic nitrogens is 1. The smallest absolute Gasteiger partial charge is 0.110 e. The molecule has 0 aliphatic rings. The van der Waals surface area contributed by atoms with E-state index in [2.05, 4.69) is 69.8 Å². The van der Waals surface area contributed by atoms with E-state index < -0.39 is 0 Å². The van der Waals surface area contributed by atoms with Crippen molar-refractivity contribution >= 4 is 22.7 Å². The summed E-state index contributed by atoms with van der Waals surface area (Å²) in [5, 5.41) is 11.3. The van der Waals surface area contributed by atoms with E-state index in [-0.39, 0.29) is 0 Å². The fourth-order valence-corrected chi connectivity index (χ4v) is 3.91. The molecule has 0 amide bonds. The van der Waals surface area contributed by atoms with Crippen LogP contribution in [0.2, 0.25) is 0 Å². The van der Waals surface area contributed by atoms with Crippen LogP contribution in [0.3, 0.4) is 0 Å². The predicted molar refractivity (Wildman–Crippen MR) is 95.7 cm³/mol. The molecule has 0 fully saturated rings. The minimum atomic E-state index is 0.292. The first-order valence-corrected chi connectivity index (χ1v) is 9.34. The maximum Gasteiger partial charge on any atom is 0.110 e. The maximum atomic E-state index is 4.51. The molecule has 0 aliphatic heterocycles. The summed E-state index contributed by atoms with van der Waals surface area (Å²) >= 11 is 3.49. The third-order valence-corrected chi connectivity index (χ3v) is 5.43. The lowest BCUT2D eigenvalue weighted by molar-refractivity contribution is 0.502. The van der Waals surface area contributed by atoms with Gasteiger partial charge in [-0.25, -0.2) is 4.98 Å². The quantitative estimate of drug-likeness (QED) is 0.668. The van der Waals surface area contributed by atoms with E-state index in [4.69, 9.17) is 0 Å². The first kappa shape index (κ1) is 15.4. The predicted octanol–water partition coefficient (Wildman–Crippen LogP) is 4.88. The van der Waals surface area contributed by atoms with Crippen LogP contribution in [-0.4, -0.2) is 11.5 Å². The van der Waals surface area contributed by atoms with Crippen molar-refractivity contribution in [3.8, 4) is 0 Å². The largest absolute Gasteiger partial charge is 0.307 e. The normalized spacial score (nSPS) is 13.9. The third-order valence-electron chi connectivity index (χ3n) is 3.81. The summed E-state index contributed by atoms with van der Waals surface area (Å²) in [4.78, 5) is 4.51. The van der Waals surface area contributed by atoms with Gasteiger partial charge in [-0.2, -0.15) is 11.3 Å². The summed E-state index contributed by atoms with van der Waals surface area (Å²) in [5.74, 6) is 0.492. The van der Waals surface area contributed by atoms with E-state index in [1.807, 2.05) is 6.20 Å². The second kappa shape index (κ2) is 7.68. The Bertz CT molecular complexity index is 648. The zero-order valence-electron chi connectivity index (χ0n) is 12.6. The molecule has 4 heteroatoms. The number of thiazole rings is 1. The van der Waals surface area contributed by atoms with Crippen molar-refractivity contribution in [3.05, 3.63) is 74.9 Å². The van der Waals surface area contributed by atoms with Gasteiger partial charge in [-0.3, -0.25) is 0 Å². The Morgan fingerprint density at radius 1 is 1.14 bits per heavy atom. The molecule has 0 aliphatic carbocycles. The van der Waals surface area contributed by atoms with Crippen LogP contribution in [0.1, 0.15) is 35.0 Å². The average molecular weight is 329 g/mol. The Balaban J connectivity index is 1.65. The first-order chi connectivity index (χ1) is 10.8. The Morgan fingerprint density at radius 3 is 2.68 bits per heavy atom. The second-order valence-electron chi connectivity index (χ2n) is 5.48. The lowest BCUT2D eigenvalue weighted by Gasteiger charge is -2.19. The summed E-state index contributed by atoms with van der Waals surface area (Å²) in [5.41, 5.74) is 2.76. The highest BCUT2D eigenvalue weighted by Crippen LogP contribution is 2.23. The van der Waals surface area contributed by atoms with Crippen LogP contribution >= 0.6 is 22.7 Å². The monoisotopic (exact) mass is 328 g/mol. The molecule has 2 nitrogen and oxygen atoms in total. The van der Waals surface area contributed by atoms with Gasteiger partial charge in [0, 0.05) is 18.1 Å². The van der Waals surface area contributed by atoms with Gasteiger partial charge in [-0.15, -0.1) is 11.3 Å². The average Bonchev–Trinajstić information content (AvgIpc) is 3.25. The lowest BCUT2D eigenvalue weighted by atomic mass is 10.0. The lowest BCUT2D eigenvalue weighted by Crippen LogP contribution is -2.27. The van der Waals surface area contributed by atoms with Gasteiger partial charge in [0.1, 0.15) is 5.01 Å². The highest BCUT2D eigenvalue weighted by molar-refractivity contribution is 7.09. The van der Waals surface area contributed by atoms with E-state index in [0.29, 0.717) is 12.0 Å². The fourth-order valence-electron chi connectivity index (χ4n) is 2.52. The van der Waals surface area contributed by atoms with Gasteiger partial charge in [-0.1, -0.05) is 37.3 Å². The van der Waals surface area contributed by atoms with Crippen LogP contribution in [0, 0.1) is 0 Å². The Morgan fingerprint density at radius 2 is 2.00 bits per heavy atom. The van der Waals surface area contributed by atoms with Crippen molar-refractivity contribution < 1.29 is 0 Å². The van der Waals surface area contributed by atoms with E-state index in [1.54, 1.807) is 22.7 Å². The number of hydrogen-bond donors (Lipinski definition) is 1. The Labute approximate surface area is 139 Å². The summed E-state index contributed by atoms with van der Waals surface area (Å²) in [6.45, 7) is 3.23. The van der Waals surface area contributed by atoms with E-state index >= 15 is 0 Å². The number of hydrogen-bond acceptors (Lipinski definition) is 4. The van der Waals surface area contributed by atoms with Crippen LogP contribution < -0.4 is 5.32 Å².